The van der Waals surface area contributed by atoms with E-state index in [9.17, 15) is 18.0 Å². The highest BCUT2D eigenvalue weighted by molar-refractivity contribution is 7.80. The van der Waals surface area contributed by atoms with E-state index in [1.54, 1.807) is 12.1 Å². The highest BCUT2D eigenvalue weighted by Crippen LogP contribution is 2.36. The van der Waals surface area contributed by atoms with Crippen LogP contribution in [0.5, 0.6) is 0 Å². The number of aromatic nitrogens is 1. The van der Waals surface area contributed by atoms with Crippen LogP contribution in [-0.2, 0) is 6.18 Å². The number of nitrogens with zero attached hydrogens (tertiary/aromatic N) is 2. The maximum atomic E-state index is 13.3. The second-order valence-electron chi connectivity index (χ2n) is 7.49. The lowest BCUT2D eigenvalue weighted by Gasteiger charge is -2.28. The number of alkyl halides is 3. The van der Waals surface area contributed by atoms with E-state index in [2.05, 4.69) is 20.5 Å². The zero-order valence-corrected chi connectivity index (χ0v) is 17.9. The van der Waals surface area contributed by atoms with Gasteiger partial charge in [0.2, 0.25) is 0 Å². The number of thiocarbonyl (C=S) groups is 1. The van der Waals surface area contributed by atoms with Crippen LogP contribution in [0.15, 0.2) is 42.7 Å². The molecule has 3 rings (SSSR count). The number of anilines is 2. The summed E-state index contributed by atoms with van der Waals surface area (Å²) in [4.78, 5) is 18.3. The van der Waals surface area contributed by atoms with E-state index in [0.29, 0.717) is 11.3 Å². The molecule has 2 heterocycles. The average molecular weight is 451 g/mol. The first-order chi connectivity index (χ1) is 14.8. The van der Waals surface area contributed by atoms with Crippen LogP contribution < -0.4 is 15.5 Å². The Morgan fingerprint density at radius 2 is 1.71 bits per heavy atom. The van der Waals surface area contributed by atoms with Crippen LogP contribution in [0, 0.1) is 0 Å². The average Bonchev–Trinajstić information content (AvgIpc) is 2.87. The molecule has 0 bridgehead atoms. The fourth-order valence-electron chi connectivity index (χ4n) is 3.58. The van der Waals surface area contributed by atoms with E-state index < -0.39 is 17.6 Å². The van der Waals surface area contributed by atoms with Gasteiger partial charge < -0.3 is 10.2 Å². The van der Waals surface area contributed by atoms with Gasteiger partial charge in [0.15, 0.2) is 5.11 Å². The van der Waals surface area contributed by atoms with Gasteiger partial charge >= 0.3 is 6.18 Å². The molecular formula is C22H25F3N4OS. The van der Waals surface area contributed by atoms with Crippen molar-refractivity contribution in [2.75, 3.05) is 23.3 Å². The number of hydrogen-bond acceptors (Lipinski definition) is 4. The van der Waals surface area contributed by atoms with E-state index >= 15 is 0 Å². The summed E-state index contributed by atoms with van der Waals surface area (Å²) in [5, 5.41) is 5.25. The lowest BCUT2D eigenvalue weighted by atomic mass is 10.1. The summed E-state index contributed by atoms with van der Waals surface area (Å²) in [5.74, 6) is -0.484. The number of benzene rings is 1. The predicted octanol–water partition coefficient (Wildman–Crippen LogP) is 5.39. The summed E-state index contributed by atoms with van der Waals surface area (Å²) >= 11 is 5.22. The highest BCUT2D eigenvalue weighted by Gasteiger charge is 2.31. The Morgan fingerprint density at radius 1 is 1.03 bits per heavy atom. The smallest absolute Gasteiger partial charge is 0.370 e. The molecule has 0 atom stereocenters. The Bertz CT molecular complexity index is 895. The van der Waals surface area contributed by atoms with Crippen molar-refractivity contribution in [1.82, 2.24) is 10.3 Å². The Hall–Kier alpha value is -2.68. The molecular weight excluding hydrogens is 425 g/mol. The standard InChI is InChI=1S/C22H25F3N4OS/c23-22(24,25)17-9-10-19(29-12-5-3-1-2-4-6-13-29)18(14-17)27-21(31)28-20(30)16-8-7-11-26-15-16/h7-11,14-15H,1-6,12-13H2,(H2,27,28,30,31). The highest BCUT2D eigenvalue weighted by atomic mass is 32.1. The van der Waals surface area contributed by atoms with Crippen molar-refractivity contribution in [3.8, 4) is 0 Å². The van der Waals surface area contributed by atoms with Crippen LogP contribution in [0.25, 0.3) is 0 Å². The summed E-state index contributed by atoms with van der Waals surface area (Å²) in [6.07, 6.45) is 4.94. The molecule has 1 aromatic carbocycles. The fraction of sp³-hybridized carbons (Fsp3) is 0.409. The van der Waals surface area contributed by atoms with Crippen LogP contribution >= 0.6 is 12.2 Å². The van der Waals surface area contributed by atoms with Crippen LogP contribution in [-0.4, -0.2) is 29.1 Å². The normalized spacial score (nSPS) is 15.4. The van der Waals surface area contributed by atoms with Crippen molar-refractivity contribution in [2.45, 2.75) is 44.7 Å². The Labute approximate surface area is 185 Å². The number of carbonyl (C=O) groups is 1. The first-order valence-electron chi connectivity index (χ1n) is 10.3. The minimum atomic E-state index is -4.48. The third kappa shape index (κ3) is 6.65. The van der Waals surface area contributed by atoms with Gasteiger partial charge in [-0.15, -0.1) is 0 Å². The van der Waals surface area contributed by atoms with E-state index in [4.69, 9.17) is 12.2 Å². The van der Waals surface area contributed by atoms with Gasteiger partial charge in [0, 0.05) is 25.5 Å². The van der Waals surface area contributed by atoms with Gasteiger partial charge in [-0.2, -0.15) is 13.2 Å². The lowest BCUT2D eigenvalue weighted by molar-refractivity contribution is -0.137. The molecule has 1 aliphatic rings. The van der Waals surface area contributed by atoms with Crippen molar-refractivity contribution < 1.29 is 18.0 Å². The van der Waals surface area contributed by atoms with Crippen molar-refractivity contribution in [2.24, 2.45) is 0 Å². The van der Waals surface area contributed by atoms with E-state index in [-0.39, 0.29) is 10.8 Å². The number of amides is 1. The monoisotopic (exact) mass is 450 g/mol. The molecule has 0 radical (unpaired) electrons. The molecule has 0 aliphatic carbocycles. The quantitative estimate of drug-likeness (QED) is 0.615. The van der Waals surface area contributed by atoms with Crippen molar-refractivity contribution >= 4 is 34.6 Å². The number of halogens is 3. The summed E-state index contributed by atoms with van der Waals surface area (Å²) in [5.41, 5.74) is 0.402. The largest absolute Gasteiger partial charge is 0.416 e. The Morgan fingerprint density at radius 3 is 2.32 bits per heavy atom. The van der Waals surface area contributed by atoms with Gasteiger partial charge in [0.05, 0.1) is 22.5 Å². The second-order valence-corrected chi connectivity index (χ2v) is 7.90. The van der Waals surface area contributed by atoms with Gasteiger partial charge in [-0.25, -0.2) is 0 Å². The fourth-order valence-corrected chi connectivity index (χ4v) is 3.78. The molecule has 1 saturated heterocycles. The van der Waals surface area contributed by atoms with E-state index in [0.717, 1.165) is 50.9 Å². The second kappa shape index (κ2) is 10.6. The molecule has 31 heavy (non-hydrogen) atoms. The minimum absolute atomic E-state index is 0.0707. The topological polar surface area (TPSA) is 57.3 Å². The van der Waals surface area contributed by atoms with Gasteiger partial charge in [-0.05, 0) is 55.4 Å². The molecule has 0 unspecified atom stereocenters. The molecule has 9 heteroatoms. The van der Waals surface area contributed by atoms with Crippen LogP contribution in [0.1, 0.15) is 54.4 Å². The van der Waals surface area contributed by atoms with Crippen molar-refractivity contribution in [3.63, 3.8) is 0 Å². The molecule has 0 saturated carbocycles. The van der Waals surface area contributed by atoms with Crippen LogP contribution in [0.4, 0.5) is 24.5 Å². The number of rotatable bonds is 3. The summed E-state index contributed by atoms with van der Waals surface area (Å²) in [6, 6.07) is 6.80. The molecule has 1 amide bonds. The number of carbonyl (C=O) groups excluding carboxylic acids is 1. The van der Waals surface area contributed by atoms with Crippen LogP contribution in [0.3, 0.4) is 0 Å². The molecule has 1 aliphatic heterocycles. The summed E-state index contributed by atoms with van der Waals surface area (Å²) < 4.78 is 40.0. The van der Waals surface area contributed by atoms with Gasteiger partial charge in [0.25, 0.3) is 5.91 Å². The Kier molecular flexibility index (Phi) is 7.84. The van der Waals surface area contributed by atoms with Crippen LogP contribution in [0.2, 0.25) is 0 Å². The number of pyridine rings is 1. The summed E-state index contributed by atoms with van der Waals surface area (Å²) in [7, 11) is 0. The SMILES string of the molecule is O=C(NC(=S)Nc1cc(C(F)(F)F)ccc1N1CCCCCCCC1)c1cccnc1. The maximum absolute atomic E-state index is 13.3. The predicted molar refractivity (Wildman–Crippen MR) is 119 cm³/mol. The van der Waals surface area contributed by atoms with E-state index in [1.165, 1.54) is 31.3 Å². The lowest BCUT2D eigenvalue weighted by Crippen LogP contribution is -2.35. The van der Waals surface area contributed by atoms with Crippen molar-refractivity contribution in [1.29, 1.82) is 0 Å². The van der Waals surface area contributed by atoms with Gasteiger partial charge in [-0.3, -0.25) is 15.1 Å². The van der Waals surface area contributed by atoms with Crippen molar-refractivity contribution in [3.05, 3.63) is 53.9 Å². The molecule has 2 aromatic rings. The molecule has 5 nitrogen and oxygen atoms in total. The van der Waals surface area contributed by atoms with Gasteiger partial charge in [-0.1, -0.05) is 25.7 Å². The number of hydrogen-bond donors (Lipinski definition) is 2. The molecule has 166 valence electrons. The minimum Gasteiger partial charge on any atom is -0.370 e. The molecule has 1 aromatic heterocycles. The zero-order chi connectivity index (χ0) is 22.3. The first-order valence-corrected chi connectivity index (χ1v) is 10.7. The zero-order valence-electron chi connectivity index (χ0n) is 17.0. The first kappa shape index (κ1) is 23.0. The molecule has 0 spiro atoms. The molecule has 2 N–H and O–H groups in total. The third-order valence-electron chi connectivity index (χ3n) is 5.17. The van der Waals surface area contributed by atoms with Gasteiger partial charge in [0.1, 0.15) is 0 Å². The third-order valence-corrected chi connectivity index (χ3v) is 5.37. The summed E-state index contributed by atoms with van der Waals surface area (Å²) in [6.45, 7) is 1.52. The number of nitrogens with one attached hydrogen (secondary N) is 2. The van der Waals surface area contributed by atoms with E-state index in [1.807, 2.05) is 0 Å². The maximum Gasteiger partial charge on any atom is 0.416 e. The molecule has 1 fully saturated rings. The Balaban J connectivity index is 1.83.